The van der Waals surface area contributed by atoms with Crippen molar-refractivity contribution in [3.63, 3.8) is 0 Å². The summed E-state index contributed by atoms with van der Waals surface area (Å²) in [7, 11) is -3.57. The Balaban J connectivity index is 1.80. The fourth-order valence-corrected chi connectivity index (χ4v) is 4.50. The van der Waals surface area contributed by atoms with Gasteiger partial charge in [-0.1, -0.05) is 48.0 Å². The van der Waals surface area contributed by atoms with Gasteiger partial charge in [-0.05, 0) is 37.6 Å². The first-order valence-corrected chi connectivity index (χ1v) is 13.2. The highest BCUT2D eigenvalue weighted by atomic mass is 32.2. The van der Waals surface area contributed by atoms with Crippen LogP contribution < -0.4 is 16.4 Å². The molecule has 194 valence electrons. The number of ether oxygens (including phenoxy) is 1. The molecule has 0 aliphatic heterocycles. The largest absolute Gasteiger partial charge is 0.475 e. The SMILES string of the molecule is C=C(N[C@@H](CCC(N)=O)C(=O)NCCC(=O)CCS(=O)(=O)c1ccc(C)cc1)OCc1ccccc1. The molecule has 0 aromatic heterocycles. The van der Waals surface area contributed by atoms with Gasteiger partial charge in [0.05, 0.1) is 10.6 Å². The zero-order chi connectivity index (χ0) is 26.6. The fourth-order valence-electron chi connectivity index (χ4n) is 3.22. The monoisotopic (exact) mass is 515 g/mol. The second kappa shape index (κ2) is 14.0. The molecule has 0 fully saturated rings. The van der Waals surface area contributed by atoms with Crippen LogP contribution >= 0.6 is 0 Å². The number of benzene rings is 2. The molecule has 0 aliphatic carbocycles. The van der Waals surface area contributed by atoms with Crippen molar-refractivity contribution in [2.24, 2.45) is 5.73 Å². The van der Waals surface area contributed by atoms with Crippen molar-refractivity contribution in [2.45, 2.75) is 50.2 Å². The van der Waals surface area contributed by atoms with Gasteiger partial charge in [-0.25, -0.2) is 8.42 Å². The molecule has 10 heteroatoms. The molecular weight excluding hydrogens is 482 g/mol. The van der Waals surface area contributed by atoms with Gasteiger partial charge in [0.2, 0.25) is 11.8 Å². The molecule has 9 nitrogen and oxygen atoms in total. The molecule has 0 spiro atoms. The number of hydrogen-bond donors (Lipinski definition) is 3. The molecule has 0 heterocycles. The number of hydrogen-bond acceptors (Lipinski definition) is 7. The van der Waals surface area contributed by atoms with E-state index in [0.717, 1.165) is 11.1 Å². The zero-order valence-corrected chi connectivity index (χ0v) is 21.2. The maximum atomic E-state index is 12.6. The Morgan fingerprint density at radius 1 is 1.00 bits per heavy atom. The van der Waals surface area contributed by atoms with E-state index < -0.39 is 27.7 Å². The summed E-state index contributed by atoms with van der Waals surface area (Å²) in [6, 6.07) is 15.0. The average molecular weight is 516 g/mol. The standard InChI is InChI=1S/C26H33N3O6S/c1-19-8-10-23(11-9-19)36(33,34)17-15-22(30)14-16-28-26(32)24(12-13-25(27)31)29-20(2)35-18-21-6-4-3-5-7-21/h3-11,24,29H,2,12-18H2,1H3,(H2,27,31)(H,28,32)/t24-/m0/s1. The van der Waals surface area contributed by atoms with Gasteiger partial charge in [-0.15, -0.1) is 0 Å². The van der Waals surface area contributed by atoms with Crippen LogP contribution in [0.2, 0.25) is 0 Å². The number of rotatable bonds is 16. The summed E-state index contributed by atoms with van der Waals surface area (Å²) in [5.74, 6) is -1.45. The molecule has 0 bridgehead atoms. The van der Waals surface area contributed by atoms with Gasteiger partial charge in [-0.2, -0.15) is 0 Å². The third kappa shape index (κ3) is 10.3. The van der Waals surface area contributed by atoms with E-state index in [0.29, 0.717) is 0 Å². The van der Waals surface area contributed by atoms with Gasteiger partial charge in [0.25, 0.3) is 0 Å². The maximum Gasteiger partial charge on any atom is 0.242 e. The molecule has 0 unspecified atom stereocenters. The second-order valence-electron chi connectivity index (χ2n) is 8.36. The number of carbonyl (C=O) groups excluding carboxylic acids is 3. The zero-order valence-electron chi connectivity index (χ0n) is 20.4. The van der Waals surface area contributed by atoms with Crippen molar-refractivity contribution >= 4 is 27.4 Å². The maximum absolute atomic E-state index is 12.6. The van der Waals surface area contributed by atoms with E-state index in [2.05, 4.69) is 17.2 Å². The summed E-state index contributed by atoms with van der Waals surface area (Å²) in [5.41, 5.74) is 7.08. The highest BCUT2D eigenvalue weighted by Gasteiger charge is 2.21. The van der Waals surface area contributed by atoms with Crippen LogP contribution in [0.1, 0.15) is 36.8 Å². The molecule has 1 atom stereocenters. The van der Waals surface area contributed by atoms with E-state index in [1.54, 1.807) is 12.1 Å². The van der Waals surface area contributed by atoms with Crippen molar-refractivity contribution in [3.8, 4) is 0 Å². The summed E-state index contributed by atoms with van der Waals surface area (Å²) in [4.78, 5) is 36.2. The van der Waals surface area contributed by atoms with Crippen LogP contribution in [0.25, 0.3) is 0 Å². The van der Waals surface area contributed by atoms with E-state index in [9.17, 15) is 22.8 Å². The van der Waals surface area contributed by atoms with Gasteiger partial charge >= 0.3 is 0 Å². The molecule has 36 heavy (non-hydrogen) atoms. The number of carbonyl (C=O) groups is 3. The average Bonchev–Trinajstić information content (AvgIpc) is 2.84. The van der Waals surface area contributed by atoms with Crippen LogP contribution in [-0.2, 0) is 35.6 Å². The number of aryl methyl sites for hydroxylation is 1. The van der Waals surface area contributed by atoms with Crippen molar-refractivity contribution < 1.29 is 27.5 Å². The minimum atomic E-state index is -3.57. The van der Waals surface area contributed by atoms with Crippen LogP contribution in [-0.4, -0.2) is 44.4 Å². The minimum absolute atomic E-state index is 0.0222. The predicted octanol–water partition coefficient (Wildman–Crippen LogP) is 2.15. The lowest BCUT2D eigenvalue weighted by molar-refractivity contribution is -0.124. The predicted molar refractivity (Wildman–Crippen MR) is 136 cm³/mol. The Bertz CT molecular complexity index is 1150. The third-order valence-electron chi connectivity index (χ3n) is 5.32. The van der Waals surface area contributed by atoms with Crippen LogP contribution in [0.15, 0.2) is 72.0 Å². The van der Waals surface area contributed by atoms with Gasteiger partial charge in [0.1, 0.15) is 18.4 Å². The van der Waals surface area contributed by atoms with Crippen LogP contribution in [0.3, 0.4) is 0 Å². The first-order valence-electron chi connectivity index (χ1n) is 11.6. The minimum Gasteiger partial charge on any atom is -0.475 e. The number of ketones is 1. The fraction of sp³-hybridized carbons (Fsp3) is 0.346. The Labute approximate surface area is 212 Å². The number of nitrogens with one attached hydrogen (secondary N) is 2. The molecule has 0 saturated carbocycles. The molecule has 2 aromatic carbocycles. The van der Waals surface area contributed by atoms with Crippen LogP contribution in [0, 0.1) is 6.92 Å². The Morgan fingerprint density at radius 2 is 1.67 bits per heavy atom. The first kappa shape index (κ1) is 28.6. The highest BCUT2D eigenvalue weighted by molar-refractivity contribution is 7.91. The molecule has 2 rings (SSSR count). The molecular formula is C26H33N3O6S. The van der Waals surface area contributed by atoms with E-state index in [1.165, 1.54) is 12.1 Å². The molecule has 2 amide bonds. The molecule has 0 aliphatic rings. The lowest BCUT2D eigenvalue weighted by Gasteiger charge is -2.20. The van der Waals surface area contributed by atoms with E-state index >= 15 is 0 Å². The lowest BCUT2D eigenvalue weighted by Crippen LogP contribution is -2.45. The van der Waals surface area contributed by atoms with Crippen molar-refractivity contribution in [1.82, 2.24) is 10.6 Å². The molecule has 2 aromatic rings. The van der Waals surface area contributed by atoms with Gasteiger partial charge in [0, 0.05) is 25.8 Å². The summed E-state index contributed by atoms with van der Waals surface area (Å²) in [6.07, 6.45) is -0.104. The smallest absolute Gasteiger partial charge is 0.242 e. The number of Topliss-reactive ketones (excluding diaryl/α,β-unsaturated/α-hetero) is 1. The Kier molecular flexibility index (Phi) is 11.1. The van der Waals surface area contributed by atoms with Crippen molar-refractivity contribution in [3.05, 3.63) is 78.2 Å². The van der Waals surface area contributed by atoms with Crippen LogP contribution in [0.5, 0.6) is 0 Å². The van der Waals surface area contributed by atoms with E-state index in [-0.39, 0.29) is 61.1 Å². The quantitative estimate of drug-likeness (QED) is 0.291. The Morgan fingerprint density at radius 3 is 2.31 bits per heavy atom. The molecule has 0 saturated heterocycles. The van der Waals surface area contributed by atoms with Gasteiger partial charge in [0.15, 0.2) is 15.7 Å². The van der Waals surface area contributed by atoms with Gasteiger partial charge < -0.3 is 21.1 Å². The summed E-state index contributed by atoms with van der Waals surface area (Å²) in [5, 5.41) is 5.48. The summed E-state index contributed by atoms with van der Waals surface area (Å²) < 4.78 is 30.4. The van der Waals surface area contributed by atoms with E-state index in [1.807, 2.05) is 37.3 Å². The summed E-state index contributed by atoms with van der Waals surface area (Å²) >= 11 is 0. The lowest BCUT2D eigenvalue weighted by atomic mass is 10.1. The van der Waals surface area contributed by atoms with E-state index in [4.69, 9.17) is 10.5 Å². The molecule has 4 N–H and O–H groups in total. The highest BCUT2D eigenvalue weighted by Crippen LogP contribution is 2.13. The first-order chi connectivity index (χ1) is 17.1. The number of primary amides is 1. The summed E-state index contributed by atoms with van der Waals surface area (Å²) in [6.45, 7) is 5.89. The third-order valence-corrected chi connectivity index (χ3v) is 7.05. The normalized spacial score (nSPS) is 11.8. The second-order valence-corrected chi connectivity index (χ2v) is 10.5. The number of amides is 2. The number of nitrogens with two attached hydrogens (primary N) is 1. The van der Waals surface area contributed by atoms with Gasteiger partial charge in [-0.3, -0.25) is 14.4 Å². The van der Waals surface area contributed by atoms with Crippen molar-refractivity contribution in [2.75, 3.05) is 12.3 Å². The van der Waals surface area contributed by atoms with Crippen LogP contribution in [0.4, 0.5) is 0 Å². The number of sulfone groups is 1. The Hall–Kier alpha value is -3.66. The van der Waals surface area contributed by atoms with Crippen molar-refractivity contribution in [1.29, 1.82) is 0 Å². The molecule has 0 radical (unpaired) electrons. The topological polar surface area (TPSA) is 145 Å².